The van der Waals surface area contributed by atoms with Crippen molar-refractivity contribution in [3.63, 3.8) is 0 Å². The van der Waals surface area contributed by atoms with Gasteiger partial charge in [-0.3, -0.25) is 0 Å². The monoisotopic (exact) mass is 205 g/mol. The molecule has 0 aliphatic rings. The van der Waals surface area contributed by atoms with Crippen LogP contribution in [0.3, 0.4) is 0 Å². The van der Waals surface area contributed by atoms with E-state index in [9.17, 15) is 0 Å². The maximum atomic E-state index is 5.33. The topological polar surface area (TPSA) is 21.3 Å². The molecule has 0 aliphatic heterocycles. The van der Waals surface area contributed by atoms with Gasteiger partial charge in [-0.15, -0.1) is 0 Å². The second-order valence-corrected chi connectivity index (χ2v) is 5.24. The van der Waals surface area contributed by atoms with Crippen molar-refractivity contribution in [1.29, 1.82) is 0 Å². The van der Waals surface area contributed by atoms with Crippen LogP contribution >= 0.6 is 11.8 Å². The van der Waals surface area contributed by atoms with Crippen molar-refractivity contribution in [2.75, 3.05) is 26.5 Å². The van der Waals surface area contributed by atoms with Gasteiger partial charge in [-0.25, -0.2) is 0 Å². The second-order valence-electron chi connectivity index (χ2n) is 3.96. The summed E-state index contributed by atoms with van der Waals surface area (Å²) in [6.07, 6.45) is 3.20. The van der Waals surface area contributed by atoms with Crippen LogP contribution in [-0.4, -0.2) is 37.3 Å². The van der Waals surface area contributed by atoms with Crippen LogP contribution in [0.15, 0.2) is 0 Å². The van der Waals surface area contributed by atoms with Gasteiger partial charge in [-0.1, -0.05) is 6.92 Å². The normalized spacial score (nSPS) is 14.5. The summed E-state index contributed by atoms with van der Waals surface area (Å²) in [4.78, 5) is 0. The maximum Gasteiger partial charge on any atom is 0.0634 e. The third-order valence-electron chi connectivity index (χ3n) is 2.29. The average Bonchev–Trinajstić information content (AvgIpc) is 2.12. The Morgan fingerprint density at radius 3 is 2.54 bits per heavy atom. The lowest BCUT2D eigenvalue weighted by atomic mass is 10.1. The molecule has 13 heavy (non-hydrogen) atoms. The van der Waals surface area contributed by atoms with Gasteiger partial charge in [0.2, 0.25) is 0 Å². The van der Waals surface area contributed by atoms with E-state index in [-0.39, 0.29) is 5.60 Å². The summed E-state index contributed by atoms with van der Waals surface area (Å²) < 4.78 is 5.33. The van der Waals surface area contributed by atoms with E-state index in [1.807, 2.05) is 11.8 Å². The molecule has 0 radical (unpaired) electrons. The Bertz CT molecular complexity index is 128. The molecule has 0 spiro atoms. The molecule has 0 aliphatic carbocycles. The van der Waals surface area contributed by atoms with Crippen molar-refractivity contribution in [2.24, 2.45) is 0 Å². The van der Waals surface area contributed by atoms with Gasteiger partial charge in [0.05, 0.1) is 5.60 Å². The molecule has 0 rings (SSSR count). The Hall–Kier alpha value is 0.270. The smallest absolute Gasteiger partial charge is 0.0634 e. The maximum absolute atomic E-state index is 5.33. The van der Waals surface area contributed by atoms with E-state index in [2.05, 4.69) is 32.3 Å². The third-order valence-corrected chi connectivity index (χ3v) is 3.26. The van der Waals surface area contributed by atoms with Crippen LogP contribution in [0.1, 0.15) is 27.2 Å². The minimum atomic E-state index is 0.00952. The third kappa shape index (κ3) is 7.35. The molecule has 0 saturated heterocycles. The Labute approximate surface area is 86.8 Å². The minimum Gasteiger partial charge on any atom is -0.379 e. The second kappa shape index (κ2) is 6.68. The highest BCUT2D eigenvalue weighted by molar-refractivity contribution is 7.99. The quantitative estimate of drug-likeness (QED) is 0.643. The van der Waals surface area contributed by atoms with Crippen LogP contribution < -0.4 is 5.32 Å². The number of nitrogens with one attached hydrogen (secondary N) is 1. The van der Waals surface area contributed by atoms with Gasteiger partial charge in [-0.2, -0.15) is 11.8 Å². The molecule has 0 aromatic rings. The standard InChI is InChI=1S/C10H23NOS/c1-9(13-5)8-11-7-6-10(2,3)12-4/h9,11H,6-8H2,1-5H3. The van der Waals surface area contributed by atoms with E-state index < -0.39 is 0 Å². The Morgan fingerprint density at radius 2 is 2.08 bits per heavy atom. The first-order valence-electron chi connectivity index (χ1n) is 4.80. The number of hydrogen-bond donors (Lipinski definition) is 1. The highest BCUT2D eigenvalue weighted by Crippen LogP contribution is 2.11. The van der Waals surface area contributed by atoms with E-state index in [4.69, 9.17) is 4.74 Å². The molecule has 1 N–H and O–H groups in total. The molecule has 80 valence electrons. The van der Waals surface area contributed by atoms with Crippen molar-refractivity contribution >= 4 is 11.8 Å². The Morgan fingerprint density at radius 1 is 1.46 bits per heavy atom. The van der Waals surface area contributed by atoms with Crippen LogP contribution in [0, 0.1) is 0 Å². The number of thioether (sulfide) groups is 1. The van der Waals surface area contributed by atoms with Crippen LogP contribution in [-0.2, 0) is 4.74 Å². The van der Waals surface area contributed by atoms with Gasteiger partial charge in [0, 0.05) is 18.9 Å². The molecule has 1 unspecified atom stereocenters. The van der Waals surface area contributed by atoms with Crippen molar-refractivity contribution < 1.29 is 4.74 Å². The van der Waals surface area contributed by atoms with Gasteiger partial charge >= 0.3 is 0 Å². The zero-order chi connectivity index (χ0) is 10.3. The first kappa shape index (κ1) is 13.3. The van der Waals surface area contributed by atoms with Gasteiger partial charge < -0.3 is 10.1 Å². The molecular formula is C10H23NOS. The first-order chi connectivity index (χ1) is 6.02. The molecule has 0 amide bonds. The van der Waals surface area contributed by atoms with Crippen LogP contribution in [0.4, 0.5) is 0 Å². The van der Waals surface area contributed by atoms with E-state index in [0.717, 1.165) is 19.5 Å². The molecule has 0 fully saturated rings. The summed E-state index contributed by atoms with van der Waals surface area (Å²) in [5.41, 5.74) is 0.00952. The molecule has 0 heterocycles. The zero-order valence-electron chi connectivity index (χ0n) is 9.52. The Kier molecular flexibility index (Phi) is 6.82. The van der Waals surface area contributed by atoms with E-state index in [1.165, 1.54) is 0 Å². The van der Waals surface area contributed by atoms with Crippen molar-refractivity contribution in [3.8, 4) is 0 Å². The van der Waals surface area contributed by atoms with E-state index in [1.54, 1.807) is 7.11 Å². The van der Waals surface area contributed by atoms with Gasteiger partial charge in [0.25, 0.3) is 0 Å². The predicted molar refractivity (Wildman–Crippen MR) is 61.6 cm³/mol. The molecule has 3 heteroatoms. The molecule has 0 bridgehead atoms. The van der Waals surface area contributed by atoms with E-state index in [0.29, 0.717) is 5.25 Å². The molecular weight excluding hydrogens is 182 g/mol. The lowest BCUT2D eigenvalue weighted by Gasteiger charge is -2.23. The largest absolute Gasteiger partial charge is 0.379 e. The molecule has 0 saturated carbocycles. The summed E-state index contributed by atoms with van der Waals surface area (Å²) in [5, 5.41) is 4.13. The first-order valence-corrected chi connectivity index (χ1v) is 6.09. The van der Waals surface area contributed by atoms with Gasteiger partial charge in [0.15, 0.2) is 0 Å². The fourth-order valence-electron chi connectivity index (χ4n) is 0.880. The fraction of sp³-hybridized carbons (Fsp3) is 1.00. The number of rotatable bonds is 7. The molecule has 2 nitrogen and oxygen atoms in total. The van der Waals surface area contributed by atoms with Crippen LogP contribution in [0.2, 0.25) is 0 Å². The van der Waals surface area contributed by atoms with Crippen LogP contribution in [0.25, 0.3) is 0 Å². The summed E-state index contributed by atoms with van der Waals surface area (Å²) in [5.74, 6) is 0. The summed E-state index contributed by atoms with van der Waals surface area (Å²) in [6, 6.07) is 0. The van der Waals surface area contributed by atoms with Crippen LogP contribution in [0.5, 0.6) is 0 Å². The fourth-order valence-corrected chi connectivity index (χ4v) is 1.16. The van der Waals surface area contributed by atoms with Crippen molar-refractivity contribution in [1.82, 2.24) is 5.32 Å². The highest BCUT2D eigenvalue weighted by atomic mass is 32.2. The lowest BCUT2D eigenvalue weighted by Crippen LogP contribution is -2.31. The van der Waals surface area contributed by atoms with Crippen molar-refractivity contribution in [2.45, 2.75) is 38.0 Å². The van der Waals surface area contributed by atoms with Gasteiger partial charge in [0.1, 0.15) is 0 Å². The zero-order valence-corrected chi connectivity index (χ0v) is 10.3. The summed E-state index contributed by atoms with van der Waals surface area (Å²) in [6.45, 7) is 8.59. The number of ether oxygens (including phenoxy) is 1. The van der Waals surface area contributed by atoms with E-state index >= 15 is 0 Å². The summed E-state index contributed by atoms with van der Waals surface area (Å²) >= 11 is 1.89. The number of hydrogen-bond acceptors (Lipinski definition) is 3. The average molecular weight is 205 g/mol. The molecule has 0 aromatic carbocycles. The highest BCUT2D eigenvalue weighted by Gasteiger charge is 2.14. The molecule has 0 aromatic heterocycles. The SMILES string of the molecule is COC(C)(C)CCNCC(C)SC. The predicted octanol–water partition coefficient (Wildman–Crippen LogP) is 2.14. The summed E-state index contributed by atoms with van der Waals surface area (Å²) in [7, 11) is 1.77. The van der Waals surface area contributed by atoms with Gasteiger partial charge in [-0.05, 0) is 33.1 Å². The molecule has 1 atom stereocenters. The minimum absolute atomic E-state index is 0.00952. The van der Waals surface area contributed by atoms with Crippen molar-refractivity contribution in [3.05, 3.63) is 0 Å². The Balaban J connectivity index is 3.35. The number of methoxy groups -OCH3 is 1. The lowest BCUT2D eigenvalue weighted by molar-refractivity contribution is 0.0159.